The Bertz CT molecular complexity index is 707. The molecule has 0 heterocycles. The Morgan fingerprint density at radius 2 is 1.87 bits per heavy atom. The molecule has 2 aromatic rings. The van der Waals surface area contributed by atoms with Crippen LogP contribution in [-0.2, 0) is 0 Å². The van der Waals surface area contributed by atoms with Crippen LogP contribution >= 0.6 is 11.6 Å². The number of benzene rings is 2. The highest BCUT2D eigenvalue weighted by Gasteiger charge is 2.17. The molecule has 3 nitrogen and oxygen atoms in total. The molecular weight excluding hydrogens is 322 g/mol. The fourth-order valence-corrected chi connectivity index (χ4v) is 2.52. The molecule has 0 aliphatic carbocycles. The van der Waals surface area contributed by atoms with Gasteiger partial charge in [0.2, 0.25) is 0 Å². The zero-order chi connectivity index (χ0) is 17.0. The third kappa shape index (κ3) is 4.50. The minimum absolute atomic E-state index is 0.0506. The lowest BCUT2D eigenvalue weighted by molar-refractivity contribution is 0.0942. The van der Waals surface area contributed by atoms with E-state index in [1.54, 1.807) is 12.1 Å². The third-order valence-corrected chi connectivity index (χ3v) is 3.80. The molecule has 1 N–H and O–H groups in total. The van der Waals surface area contributed by atoms with Gasteiger partial charge >= 0.3 is 0 Å². The zero-order valence-corrected chi connectivity index (χ0v) is 13.6. The maximum absolute atomic E-state index is 13.4. The second kappa shape index (κ2) is 7.53. The van der Waals surface area contributed by atoms with Gasteiger partial charge in [-0.25, -0.2) is 8.78 Å². The van der Waals surface area contributed by atoms with E-state index in [0.717, 1.165) is 11.6 Å². The molecule has 6 heteroatoms. The van der Waals surface area contributed by atoms with E-state index >= 15 is 0 Å². The quantitative estimate of drug-likeness (QED) is 0.902. The molecule has 0 aromatic heterocycles. The fraction of sp³-hybridized carbons (Fsp3) is 0.235. The summed E-state index contributed by atoms with van der Waals surface area (Å²) in [6.45, 7) is 0.267. The van der Waals surface area contributed by atoms with Crippen LogP contribution in [0.4, 0.5) is 8.78 Å². The van der Waals surface area contributed by atoms with E-state index in [0.29, 0.717) is 0 Å². The number of carbonyl (C=O) groups excluding carboxylic acids is 1. The van der Waals surface area contributed by atoms with Crippen LogP contribution in [0.5, 0.6) is 0 Å². The number of hydrogen-bond donors (Lipinski definition) is 1. The van der Waals surface area contributed by atoms with Gasteiger partial charge in [-0.3, -0.25) is 4.79 Å². The van der Waals surface area contributed by atoms with Crippen molar-refractivity contribution in [1.29, 1.82) is 0 Å². The van der Waals surface area contributed by atoms with Crippen LogP contribution in [0, 0.1) is 11.6 Å². The Hall–Kier alpha value is -1.98. The zero-order valence-electron chi connectivity index (χ0n) is 12.8. The van der Waals surface area contributed by atoms with Crippen molar-refractivity contribution < 1.29 is 13.6 Å². The van der Waals surface area contributed by atoms with Gasteiger partial charge in [0, 0.05) is 6.54 Å². The van der Waals surface area contributed by atoms with Gasteiger partial charge in [-0.2, -0.15) is 0 Å². The van der Waals surface area contributed by atoms with Gasteiger partial charge in [0.25, 0.3) is 5.91 Å². The molecule has 122 valence electrons. The Morgan fingerprint density at radius 1 is 1.17 bits per heavy atom. The highest BCUT2D eigenvalue weighted by atomic mass is 35.5. The Morgan fingerprint density at radius 3 is 2.48 bits per heavy atom. The molecule has 1 atom stereocenters. The molecule has 23 heavy (non-hydrogen) atoms. The number of amides is 1. The average molecular weight is 339 g/mol. The number of hydrogen-bond acceptors (Lipinski definition) is 2. The van der Waals surface area contributed by atoms with Crippen LogP contribution in [-0.4, -0.2) is 31.4 Å². The molecular formula is C17H17ClF2N2O. The van der Waals surface area contributed by atoms with Crippen molar-refractivity contribution in [2.45, 2.75) is 6.04 Å². The van der Waals surface area contributed by atoms with Crippen molar-refractivity contribution in [3.8, 4) is 0 Å². The second-order valence-electron chi connectivity index (χ2n) is 5.37. The van der Waals surface area contributed by atoms with Gasteiger partial charge in [-0.15, -0.1) is 0 Å². The lowest BCUT2D eigenvalue weighted by Crippen LogP contribution is -2.34. The third-order valence-electron chi connectivity index (χ3n) is 3.49. The monoisotopic (exact) mass is 338 g/mol. The summed E-state index contributed by atoms with van der Waals surface area (Å²) in [7, 11) is 3.68. The Kier molecular flexibility index (Phi) is 5.69. The molecule has 0 aliphatic heterocycles. The number of halogens is 3. The van der Waals surface area contributed by atoms with Crippen LogP contribution < -0.4 is 5.32 Å². The first-order valence-electron chi connectivity index (χ1n) is 7.03. The molecule has 0 bridgehead atoms. The van der Waals surface area contributed by atoms with E-state index in [1.807, 2.05) is 19.0 Å². The molecule has 1 amide bonds. The fourth-order valence-electron chi connectivity index (χ4n) is 2.27. The van der Waals surface area contributed by atoms with E-state index in [2.05, 4.69) is 5.32 Å². The van der Waals surface area contributed by atoms with Gasteiger partial charge < -0.3 is 10.2 Å². The smallest absolute Gasteiger partial charge is 0.252 e. The van der Waals surface area contributed by atoms with E-state index in [-0.39, 0.29) is 29.0 Å². The number of nitrogens with zero attached hydrogens (tertiary/aromatic N) is 1. The summed E-state index contributed by atoms with van der Waals surface area (Å²) in [6.07, 6.45) is 0. The van der Waals surface area contributed by atoms with E-state index in [9.17, 15) is 13.6 Å². The number of likely N-dealkylation sites (N-methyl/N-ethyl adjacent to an activating group) is 1. The van der Waals surface area contributed by atoms with Crippen LogP contribution in [0.2, 0.25) is 5.02 Å². The standard InChI is InChI=1S/C17H17ClF2N2O/c1-22(2)16(11-4-3-5-12(19)8-11)10-21-17(23)14-7-6-13(20)9-15(14)18/h3-9,16H,10H2,1-2H3,(H,21,23)/t16-/m1/s1. The molecule has 0 radical (unpaired) electrons. The molecule has 0 fully saturated rings. The minimum Gasteiger partial charge on any atom is -0.350 e. The van der Waals surface area contributed by atoms with Gasteiger partial charge in [0.15, 0.2) is 0 Å². The first-order valence-corrected chi connectivity index (χ1v) is 7.41. The lowest BCUT2D eigenvalue weighted by Gasteiger charge is -2.25. The molecule has 0 spiro atoms. The van der Waals surface area contributed by atoms with Gasteiger partial charge in [0.05, 0.1) is 16.6 Å². The lowest BCUT2D eigenvalue weighted by atomic mass is 10.1. The number of rotatable bonds is 5. The van der Waals surface area contributed by atoms with Crippen LogP contribution in [0.25, 0.3) is 0 Å². The molecule has 0 aliphatic rings. The van der Waals surface area contributed by atoms with Crippen LogP contribution in [0.3, 0.4) is 0 Å². The maximum atomic E-state index is 13.4. The molecule has 0 unspecified atom stereocenters. The van der Waals surface area contributed by atoms with E-state index in [4.69, 9.17) is 11.6 Å². The number of carbonyl (C=O) groups is 1. The molecule has 2 aromatic carbocycles. The van der Waals surface area contributed by atoms with E-state index < -0.39 is 11.7 Å². The largest absolute Gasteiger partial charge is 0.350 e. The highest BCUT2D eigenvalue weighted by Crippen LogP contribution is 2.20. The summed E-state index contributed by atoms with van der Waals surface area (Å²) in [6, 6.07) is 9.62. The van der Waals surface area contributed by atoms with Gasteiger partial charge in [-0.1, -0.05) is 23.7 Å². The van der Waals surface area contributed by atoms with Gasteiger partial charge in [0.1, 0.15) is 11.6 Å². The van der Waals surface area contributed by atoms with Crippen molar-refractivity contribution >= 4 is 17.5 Å². The summed E-state index contributed by atoms with van der Waals surface area (Å²) >= 11 is 5.88. The summed E-state index contributed by atoms with van der Waals surface area (Å²) < 4.78 is 26.4. The SMILES string of the molecule is CN(C)[C@H](CNC(=O)c1ccc(F)cc1Cl)c1cccc(F)c1. The first-order chi connectivity index (χ1) is 10.9. The van der Waals surface area contributed by atoms with Crippen molar-refractivity contribution in [3.05, 3.63) is 70.2 Å². The molecule has 2 rings (SSSR count). The normalized spacial score (nSPS) is 12.3. The predicted octanol–water partition coefficient (Wildman–Crippen LogP) is 3.65. The molecule has 0 saturated carbocycles. The minimum atomic E-state index is -0.502. The topological polar surface area (TPSA) is 32.3 Å². The Labute approximate surface area is 138 Å². The van der Waals surface area contributed by atoms with Crippen molar-refractivity contribution in [2.75, 3.05) is 20.6 Å². The predicted molar refractivity (Wildman–Crippen MR) is 86.6 cm³/mol. The van der Waals surface area contributed by atoms with Crippen molar-refractivity contribution in [2.24, 2.45) is 0 Å². The summed E-state index contributed by atoms with van der Waals surface area (Å²) in [5.74, 6) is -1.24. The maximum Gasteiger partial charge on any atom is 0.252 e. The van der Waals surface area contributed by atoms with Crippen LogP contribution in [0.15, 0.2) is 42.5 Å². The summed E-state index contributed by atoms with van der Waals surface area (Å²) in [4.78, 5) is 14.1. The summed E-state index contributed by atoms with van der Waals surface area (Å²) in [5.41, 5.74) is 0.949. The molecule has 0 saturated heterocycles. The summed E-state index contributed by atoms with van der Waals surface area (Å²) in [5, 5.41) is 2.80. The Balaban J connectivity index is 2.11. The van der Waals surface area contributed by atoms with E-state index in [1.165, 1.54) is 24.3 Å². The number of nitrogens with one attached hydrogen (secondary N) is 1. The second-order valence-corrected chi connectivity index (χ2v) is 5.78. The average Bonchev–Trinajstić information content (AvgIpc) is 2.47. The van der Waals surface area contributed by atoms with Crippen molar-refractivity contribution in [1.82, 2.24) is 10.2 Å². The highest BCUT2D eigenvalue weighted by molar-refractivity contribution is 6.33. The van der Waals surface area contributed by atoms with Gasteiger partial charge in [-0.05, 0) is 50.0 Å². The van der Waals surface area contributed by atoms with Crippen molar-refractivity contribution in [3.63, 3.8) is 0 Å². The first kappa shape index (κ1) is 17.4. The van der Waals surface area contributed by atoms with Crippen LogP contribution in [0.1, 0.15) is 22.0 Å².